The molecular weight excluding hydrogens is 376 g/mol. The molecular formula is C17H17BrN2O4. The van der Waals surface area contributed by atoms with Gasteiger partial charge in [-0.1, -0.05) is 0 Å². The zero-order valence-electron chi connectivity index (χ0n) is 13.0. The van der Waals surface area contributed by atoms with Gasteiger partial charge in [-0.05, 0) is 58.4 Å². The molecule has 7 heteroatoms. The van der Waals surface area contributed by atoms with Crippen molar-refractivity contribution in [3.05, 3.63) is 58.1 Å². The van der Waals surface area contributed by atoms with Crippen molar-refractivity contribution in [3.8, 4) is 5.75 Å². The number of nitrogens with two attached hydrogens (primary N) is 1. The molecule has 126 valence electrons. The van der Waals surface area contributed by atoms with E-state index in [2.05, 4.69) is 21.2 Å². The predicted molar refractivity (Wildman–Crippen MR) is 94.4 cm³/mol. The number of rotatable bonds is 7. The summed E-state index contributed by atoms with van der Waals surface area (Å²) in [6.45, 7) is 0.906. The fourth-order valence-electron chi connectivity index (χ4n) is 1.92. The largest absolute Gasteiger partial charge is 0.490 e. The third-order valence-electron chi connectivity index (χ3n) is 3.17. The Hall–Kier alpha value is -2.38. The summed E-state index contributed by atoms with van der Waals surface area (Å²) < 4.78 is 11.1. The number of carbonyl (C=O) groups excluding carboxylic acids is 2. The number of halogens is 1. The maximum Gasteiger partial charge on any atom is 0.255 e. The minimum absolute atomic E-state index is 0.272. The number of carbonyl (C=O) groups is 2. The standard InChI is InChI=1S/C17H17BrN2O4/c1-23-8-9-24-15-7-4-12(10-14(15)18)17(22)20-13-5-2-11(3-6-13)16(19)21/h2-7,10H,8-9H2,1H3,(H2,19,21)(H,20,22). The minimum Gasteiger partial charge on any atom is -0.490 e. The number of ether oxygens (including phenoxy) is 2. The molecule has 0 radical (unpaired) electrons. The van der Waals surface area contributed by atoms with Crippen molar-refractivity contribution >= 4 is 33.4 Å². The topological polar surface area (TPSA) is 90.7 Å². The monoisotopic (exact) mass is 392 g/mol. The lowest BCUT2D eigenvalue weighted by Gasteiger charge is -2.10. The number of hydrogen-bond acceptors (Lipinski definition) is 4. The van der Waals surface area contributed by atoms with Gasteiger partial charge >= 0.3 is 0 Å². The molecule has 0 spiro atoms. The Morgan fingerprint density at radius 3 is 2.33 bits per heavy atom. The first-order chi connectivity index (χ1) is 11.5. The number of benzene rings is 2. The van der Waals surface area contributed by atoms with Crippen LogP contribution in [0.3, 0.4) is 0 Å². The number of primary amides is 1. The van der Waals surface area contributed by atoms with Crippen molar-refractivity contribution < 1.29 is 19.1 Å². The van der Waals surface area contributed by atoms with Crippen LogP contribution in [0.2, 0.25) is 0 Å². The van der Waals surface area contributed by atoms with Gasteiger partial charge in [0.1, 0.15) is 12.4 Å². The second-order valence-corrected chi connectivity index (χ2v) is 5.74. The smallest absolute Gasteiger partial charge is 0.255 e. The van der Waals surface area contributed by atoms with Gasteiger partial charge in [0.25, 0.3) is 5.91 Å². The molecule has 0 bridgehead atoms. The number of anilines is 1. The van der Waals surface area contributed by atoms with Crippen molar-refractivity contribution in [2.75, 3.05) is 25.6 Å². The van der Waals surface area contributed by atoms with E-state index in [4.69, 9.17) is 15.2 Å². The molecule has 0 aliphatic carbocycles. The minimum atomic E-state index is -0.513. The van der Waals surface area contributed by atoms with Crippen LogP contribution in [0.1, 0.15) is 20.7 Å². The van der Waals surface area contributed by atoms with Gasteiger partial charge in [0.15, 0.2) is 0 Å². The highest BCUT2D eigenvalue weighted by Gasteiger charge is 2.10. The maximum absolute atomic E-state index is 12.3. The second-order valence-electron chi connectivity index (χ2n) is 4.88. The van der Waals surface area contributed by atoms with Crippen LogP contribution in [0.15, 0.2) is 46.9 Å². The molecule has 0 aromatic heterocycles. The van der Waals surface area contributed by atoms with Crippen molar-refractivity contribution in [1.82, 2.24) is 0 Å². The highest BCUT2D eigenvalue weighted by Crippen LogP contribution is 2.26. The summed E-state index contributed by atoms with van der Waals surface area (Å²) >= 11 is 3.38. The summed E-state index contributed by atoms with van der Waals surface area (Å²) in [6.07, 6.45) is 0. The van der Waals surface area contributed by atoms with Crippen molar-refractivity contribution in [1.29, 1.82) is 0 Å². The van der Waals surface area contributed by atoms with E-state index in [9.17, 15) is 9.59 Å². The Balaban J connectivity index is 2.04. The summed E-state index contributed by atoms with van der Waals surface area (Å²) in [5, 5.41) is 2.75. The molecule has 2 amide bonds. The summed E-state index contributed by atoms with van der Waals surface area (Å²) in [4.78, 5) is 23.3. The molecule has 0 aliphatic rings. The second kappa shape index (κ2) is 8.47. The Morgan fingerprint density at radius 1 is 1.08 bits per heavy atom. The number of amides is 2. The van der Waals surface area contributed by atoms with Gasteiger partial charge in [-0.3, -0.25) is 9.59 Å². The Bertz CT molecular complexity index is 732. The summed E-state index contributed by atoms with van der Waals surface area (Å²) in [7, 11) is 1.60. The van der Waals surface area contributed by atoms with Gasteiger partial charge < -0.3 is 20.5 Å². The van der Waals surface area contributed by atoms with Crippen LogP contribution >= 0.6 is 15.9 Å². The Kier molecular flexibility index (Phi) is 6.34. The van der Waals surface area contributed by atoms with Crippen LogP contribution in [0.25, 0.3) is 0 Å². The molecule has 0 saturated heterocycles. The summed E-state index contributed by atoms with van der Waals surface area (Å²) in [6, 6.07) is 11.4. The molecule has 0 atom stereocenters. The van der Waals surface area contributed by atoms with Gasteiger partial charge in [0, 0.05) is 23.9 Å². The lowest BCUT2D eigenvalue weighted by molar-refractivity contribution is 0.0998. The molecule has 0 unspecified atom stereocenters. The molecule has 0 fully saturated rings. The summed E-state index contributed by atoms with van der Waals surface area (Å²) in [5.74, 6) is -0.152. The number of nitrogens with one attached hydrogen (secondary N) is 1. The fraction of sp³-hybridized carbons (Fsp3) is 0.176. The van der Waals surface area contributed by atoms with E-state index < -0.39 is 5.91 Å². The van der Waals surface area contributed by atoms with E-state index in [1.165, 1.54) is 0 Å². The average molecular weight is 393 g/mol. The predicted octanol–water partition coefficient (Wildman–Crippen LogP) is 2.83. The highest BCUT2D eigenvalue weighted by molar-refractivity contribution is 9.10. The first-order valence-corrected chi connectivity index (χ1v) is 7.93. The number of methoxy groups -OCH3 is 1. The SMILES string of the molecule is COCCOc1ccc(C(=O)Nc2ccc(C(N)=O)cc2)cc1Br. The molecule has 6 nitrogen and oxygen atoms in total. The van der Waals surface area contributed by atoms with Gasteiger partial charge in [0.05, 0.1) is 11.1 Å². The quantitative estimate of drug-likeness (QED) is 0.708. The van der Waals surface area contributed by atoms with E-state index in [0.717, 1.165) is 0 Å². The van der Waals surface area contributed by atoms with Gasteiger partial charge in [-0.2, -0.15) is 0 Å². The average Bonchev–Trinajstić information content (AvgIpc) is 2.57. The zero-order chi connectivity index (χ0) is 17.5. The molecule has 2 rings (SSSR count). The van der Waals surface area contributed by atoms with E-state index in [1.54, 1.807) is 49.6 Å². The lowest BCUT2D eigenvalue weighted by atomic mass is 10.1. The number of hydrogen-bond donors (Lipinski definition) is 2. The Morgan fingerprint density at radius 2 is 1.75 bits per heavy atom. The molecule has 0 aliphatic heterocycles. The third-order valence-corrected chi connectivity index (χ3v) is 3.79. The van der Waals surface area contributed by atoms with Gasteiger partial charge in [-0.15, -0.1) is 0 Å². The van der Waals surface area contributed by atoms with Crippen molar-refractivity contribution in [2.24, 2.45) is 5.73 Å². The highest BCUT2D eigenvalue weighted by atomic mass is 79.9. The van der Waals surface area contributed by atoms with Crippen LogP contribution in [0.5, 0.6) is 5.75 Å². The van der Waals surface area contributed by atoms with Gasteiger partial charge in [-0.25, -0.2) is 0 Å². The maximum atomic E-state index is 12.3. The normalized spacial score (nSPS) is 10.2. The molecule has 24 heavy (non-hydrogen) atoms. The van der Waals surface area contributed by atoms with Crippen LogP contribution in [-0.4, -0.2) is 32.1 Å². The molecule has 0 heterocycles. The molecule has 2 aromatic rings. The van der Waals surface area contributed by atoms with Crippen molar-refractivity contribution in [2.45, 2.75) is 0 Å². The lowest BCUT2D eigenvalue weighted by Crippen LogP contribution is -2.13. The molecule has 2 aromatic carbocycles. The van der Waals surface area contributed by atoms with E-state index in [1.807, 2.05) is 0 Å². The third kappa shape index (κ3) is 4.81. The van der Waals surface area contributed by atoms with Gasteiger partial charge in [0.2, 0.25) is 5.91 Å². The van der Waals surface area contributed by atoms with E-state index in [-0.39, 0.29) is 5.91 Å². The van der Waals surface area contributed by atoms with Crippen LogP contribution in [0.4, 0.5) is 5.69 Å². The Labute approximate surface area is 148 Å². The first kappa shape index (κ1) is 18.0. The summed E-state index contributed by atoms with van der Waals surface area (Å²) in [5.41, 5.74) is 6.61. The van der Waals surface area contributed by atoms with Crippen molar-refractivity contribution in [3.63, 3.8) is 0 Å². The zero-order valence-corrected chi connectivity index (χ0v) is 14.6. The van der Waals surface area contributed by atoms with Crippen LogP contribution < -0.4 is 15.8 Å². The van der Waals surface area contributed by atoms with E-state index in [0.29, 0.717) is 40.3 Å². The van der Waals surface area contributed by atoms with Crippen LogP contribution in [-0.2, 0) is 4.74 Å². The van der Waals surface area contributed by atoms with Crippen LogP contribution in [0, 0.1) is 0 Å². The first-order valence-electron chi connectivity index (χ1n) is 7.14. The fourth-order valence-corrected chi connectivity index (χ4v) is 2.41. The molecule has 3 N–H and O–H groups in total. The molecule has 0 saturated carbocycles. The van der Waals surface area contributed by atoms with E-state index >= 15 is 0 Å².